The van der Waals surface area contributed by atoms with E-state index in [-0.39, 0.29) is 11.4 Å². The van der Waals surface area contributed by atoms with E-state index in [1.807, 2.05) is 13.0 Å². The number of hydrogen-bond acceptors (Lipinski definition) is 6. The number of methoxy groups -OCH3 is 1. The Labute approximate surface area is 130 Å². The Morgan fingerprint density at radius 3 is 2.86 bits per heavy atom. The molecule has 0 unspecified atom stereocenters. The summed E-state index contributed by atoms with van der Waals surface area (Å²) in [4.78, 5) is 20.3. The van der Waals surface area contributed by atoms with Gasteiger partial charge in [-0.15, -0.1) is 11.8 Å². The Bertz CT molecular complexity index is 504. The molecule has 2 rings (SSSR count). The Morgan fingerprint density at radius 2 is 2.24 bits per heavy atom. The third kappa shape index (κ3) is 4.88. The highest BCUT2D eigenvalue weighted by Gasteiger charge is 2.44. The third-order valence-corrected chi connectivity index (χ3v) is 4.86. The van der Waals surface area contributed by atoms with Crippen LogP contribution in [0.15, 0.2) is 11.1 Å². The van der Waals surface area contributed by atoms with Gasteiger partial charge in [-0.1, -0.05) is 6.92 Å². The summed E-state index contributed by atoms with van der Waals surface area (Å²) >= 11 is 1.71. The molecule has 116 valence electrons. The van der Waals surface area contributed by atoms with Gasteiger partial charge in [-0.3, -0.25) is 4.79 Å². The van der Waals surface area contributed by atoms with Gasteiger partial charge in [0.1, 0.15) is 16.7 Å². The molecule has 0 radical (unpaired) electrons. The van der Waals surface area contributed by atoms with Crippen LogP contribution in [-0.2, 0) is 9.53 Å². The number of anilines is 1. The summed E-state index contributed by atoms with van der Waals surface area (Å²) in [5.74, 6) is 2.45. The first-order valence-electron chi connectivity index (χ1n) is 7.36. The summed E-state index contributed by atoms with van der Waals surface area (Å²) in [7, 11) is 1.45. The molecular formula is C15H23N3O2S. The maximum atomic E-state index is 11.4. The van der Waals surface area contributed by atoms with Crippen LogP contribution in [-0.4, -0.2) is 35.3 Å². The lowest BCUT2D eigenvalue weighted by Gasteiger charge is -2.13. The van der Waals surface area contributed by atoms with Crippen molar-refractivity contribution < 1.29 is 9.53 Å². The Kier molecular flexibility index (Phi) is 5.45. The number of thioether (sulfide) groups is 1. The quantitative estimate of drug-likeness (QED) is 0.452. The number of carbonyl (C=O) groups excluding carboxylic acids is 1. The normalized spacial score (nSPS) is 15.6. The zero-order valence-electron chi connectivity index (χ0n) is 12.9. The van der Waals surface area contributed by atoms with E-state index >= 15 is 0 Å². The Balaban J connectivity index is 1.93. The second-order valence-corrected chi connectivity index (χ2v) is 6.60. The number of ether oxygens (including phenoxy) is 1. The SMILES string of the molecule is CCCNc1cc(SCC2(CC(=O)OC)CC2)nc(C)n1. The molecule has 0 spiro atoms. The van der Waals surface area contributed by atoms with Gasteiger partial charge in [0.15, 0.2) is 0 Å². The van der Waals surface area contributed by atoms with Crippen LogP contribution in [0.25, 0.3) is 0 Å². The Morgan fingerprint density at radius 1 is 1.48 bits per heavy atom. The van der Waals surface area contributed by atoms with Crippen LogP contribution in [0.1, 0.15) is 38.4 Å². The minimum absolute atomic E-state index is 0.114. The highest BCUT2D eigenvalue weighted by molar-refractivity contribution is 7.99. The van der Waals surface area contributed by atoms with E-state index in [2.05, 4.69) is 22.2 Å². The van der Waals surface area contributed by atoms with Crippen molar-refractivity contribution in [2.45, 2.75) is 44.6 Å². The van der Waals surface area contributed by atoms with Gasteiger partial charge in [-0.05, 0) is 31.6 Å². The number of hydrogen-bond donors (Lipinski definition) is 1. The van der Waals surface area contributed by atoms with E-state index in [4.69, 9.17) is 4.74 Å². The van der Waals surface area contributed by atoms with Gasteiger partial charge in [0, 0.05) is 18.4 Å². The van der Waals surface area contributed by atoms with E-state index in [1.165, 1.54) is 7.11 Å². The van der Waals surface area contributed by atoms with E-state index in [1.54, 1.807) is 11.8 Å². The smallest absolute Gasteiger partial charge is 0.306 e. The predicted molar refractivity (Wildman–Crippen MR) is 84.6 cm³/mol. The van der Waals surface area contributed by atoms with E-state index in [0.29, 0.717) is 6.42 Å². The Hall–Kier alpha value is -1.30. The van der Waals surface area contributed by atoms with Crippen LogP contribution >= 0.6 is 11.8 Å². The molecule has 0 aromatic carbocycles. The van der Waals surface area contributed by atoms with Crippen molar-refractivity contribution in [2.24, 2.45) is 5.41 Å². The first kappa shape index (κ1) is 16.1. The maximum absolute atomic E-state index is 11.4. The number of carbonyl (C=O) groups is 1. The lowest BCUT2D eigenvalue weighted by atomic mass is 10.1. The standard InChI is InChI=1S/C15H23N3O2S/c1-4-7-16-12-8-13(18-11(2)17-12)21-10-15(5-6-15)9-14(19)20-3/h8H,4-7,9-10H2,1-3H3,(H,16,17,18). The summed E-state index contributed by atoms with van der Waals surface area (Å²) in [6.07, 6.45) is 3.77. The highest BCUT2D eigenvalue weighted by atomic mass is 32.2. The molecule has 0 amide bonds. The van der Waals surface area contributed by atoms with Crippen LogP contribution in [0, 0.1) is 12.3 Å². The van der Waals surface area contributed by atoms with E-state index in [9.17, 15) is 4.79 Å². The molecule has 0 saturated heterocycles. The van der Waals surface area contributed by atoms with Crippen LogP contribution in [0.3, 0.4) is 0 Å². The first-order chi connectivity index (χ1) is 10.1. The molecule has 1 N–H and O–H groups in total. The van der Waals surface area contributed by atoms with Crippen molar-refractivity contribution in [1.29, 1.82) is 0 Å². The summed E-state index contributed by atoms with van der Waals surface area (Å²) in [6.45, 7) is 4.94. The zero-order chi connectivity index (χ0) is 15.3. The fraction of sp³-hybridized carbons (Fsp3) is 0.667. The number of aryl methyl sites for hydroxylation is 1. The minimum atomic E-state index is -0.114. The molecule has 1 heterocycles. The molecule has 0 atom stereocenters. The monoisotopic (exact) mass is 309 g/mol. The maximum Gasteiger partial charge on any atom is 0.306 e. The van der Waals surface area contributed by atoms with Gasteiger partial charge in [0.25, 0.3) is 0 Å². The van der Waals surface area contributed by atoms with Gasteiger partial charge in [-0.25, -0.2) is 9.97 Å². The van der Waals surface area contributed by atoms with Crippen molar-refractivity contribution in [2.75, 3.05) is 24.7 Å². The zero-order valence-corrected chi connectivity index (χ0v) is 13.8. The van der Waals surface area contributed by atoms with Crippen molar-refractivity contribution >= 4 is 23.5 Å². The number of rotatable bonds is 8. The van der Waals surface area contributed by atoms with Crippen molar-refractivity contribution in [3.8, 4) is 0 Å². The summed E-state index contributed by atoms with van der Waals surface area (Å²) in [5.41, 5.74) is 0.119. The van der Waals surface area contributed by atoms with Gasteiger partial charge in [-0.2, -0.15) is 0 Å². The molecule has 0 bridgehead atoms. The van der Waals surface area contributed by atoms with Crippen LogP contribution < -0.4 is 5.32 Å². The molecule has 1 saturated carbocycles. The van der Waals surface area contributed by atoms with Crippen molar-refractivity contribution in [1.82, 2.24) is 9.97 Å². The minimum Gasteiger partial charge on any atom is -0.469 e. The lowest BCUT2D eigenvalue weighted by Crippen LogP contribution is -2.13. The average molecular weight is 309 g/mol. The molecule has 1 aliphatic rings. The number of nitrogens with one attached hydrogen (secondary N) is 1. The molecule has 5 nitrogen and oxygen atoms in total. The lowest BCUT2D eigenvalue weighted by molar-refractivity contribution is -0.141. The molecular weight excluding hydrogens is 286 g/mol. The summed E-state index contributed by atoms with van der Waals surface area (Å²) < 4.78 is 4.78. The van der Waals surface area contributed by atoms with Gasteiger partial charge >= 0.3 is 5.97 Å². The van der Waals surface area contributed by atoms with E-state index in [0.717, 1.165) is 48.2 Å². The van der Waals surface area contributed by atoms with Crippen LogP contribution in [0.4, 0.5) is 5.82 Å². The van der Waals surface area contributed by atoms with Crippen LogP contribution in [0.2, 0.25) is 0 Å². The van der Waals surface area contributed by atoms with Gasteiger partial charge in [0.2, 0.25) is 0 Å². The topological polar surface area (TPSA) is 64.1 Å². The molecule has 6 heteroatoms. The number of aromatic nitrogens is 2. The predicted octanol–water partition coefficient (Wildman–Crippen LogP) is 3.04. The second kappa shape index (κ2) is 7.11. The molecule has 1 aromatic heterocycles. The molecule has 0 aliphatic heterocycles. The fourth-order valence-electron chi connectivity index (χ4n) is 2.11. The summed E-state index contributed by atoms with van der Waals surface area (Å²) in [5, 5.41) is 4.26. The van der Waals surface area contributed by atoms with Crippen molar-refractivity contribution in [3.63, 3.8) is 0 Å². The van der Waals surface area contributed by atoms with Crippen LogP contribution in [0.5, 0.6) is 0 Å². The van der Waals surface area contributed by atoms with Gasteiger partial charge in [0.05, 0.1) is 13.5 Å². The summed E-state index contributed by atoms with van der Waals surface area (Å²) in [6, 6.07) is 1.99. The molecule has 1 aliphatic carbocycles. The van der Waals surface area contributed by atoms with Gasteiger partial charge < -0.3 is 10.1 Å². The van der Waals surface area contributed by atoms with Crippen molar-refractivity contribution in [3.05, 3.63) is 11.9 Å². The largest absolute Gasteiger partial charge is 0.469 e. The fourth-order valence-corrected chi connectivity index (χ4v) is 3.35. The second-order valence-electron chi connectivity index (χ2n) is 5.61. The molecule has 21 heavy (non-hydrogen) atoms. The third-order valence-electron chi connectivity index (χ3n) is 3.60. The molecule has 1 fully saturated rings. The molecule has 1 aromatic rings. The number of nitrogens with zero attached hydrogens (tertiary/aromatic N) is 2. The first-order valence-corrected chi connectivity index (χ1v) is 8.35. The average Bonchev–Trinajstić information content (AvgIpc) is 3.22. The number of esters is 1. The van der Waals surface area contributed by atoms with E-state index < -0.39 is 0 Å². The highest BCUT2D eigenvalue weighted by Crippen LogP contribution is 2.52.